The molecule has 21 heavy (non-hydrogen) atoms. The molecule has 0 aliphatic heterocycles. The molecule has 0 atom stereocenters. The molecule has 0 fully saturated rings. The highest BCUT2D eigenvalue weighted by Crippen LogP contribution is 2.30. The van der Waals surface area contributed by atoms with Gasteiger partial charge in [0.15, 0.2) is 0 Å². The number of hydrogen-bond acceptors (Lipinski definition) is 3. The van der Waals surface area contributed by atoms with Crippen LogP contribution in [0, 0.1) is 6.92 Å². The summed E-state index contributed by atoms with van der Waals surface area (Å²) in [6.07, 6.45) is 0. The first-order chi connectivity index (χ1) is 9.99. The van der Waals surface area contributed by atoms with Gasteiger partial charge in [-0.3, -0.25) is 0 Å². The van der Waals surface area contributed by atoms with Crippen LogP contribution in [-0.2, 0) is 6.54 Å². The Bertz CT molecular complexity index is 626. The average molecular weight is 349 g/mol. The maximum Gasteiger partial charge on any atom is 0.219 e. The predicted molar refractivity (Wildman–Crippen MR) is 90.0 cm³/mol. The van der Waals surface area contributed by atoms with Gasteiger partial charge in [-0.25, -0.2) is 4.98 Å². The van der Waals surface area contributed by atoms with Gasteiger partial charge in [0.25, 0.3) is 0 Å². The van der Waals surface area contributed by atoms with Gasteiger partial charge in [-0.2, -0.15) is 0 Å². The fraction of sp³-hybridized carbons (Fsp3) is 0.353. The van der Waals surface area contributed by atoms with E-state index in [4.69, 9.17) is 4.74 Å². The van der Waals surface area contributed by atoms with Crippen LogP contribution in [0.5, 0.6) is 11.6 Å². The molecule has 0 saturated carbocycles. The first kappa shape index (κ1) is 16.0. The molecule has 0 aliphatic rings. The van der Waals surface area contributed by atoms with E-state index < -0.39 is 0 Å². The second-order valence-electron chi connectivity index (χ2n) is 5.46. The minimum atomic E-state index is 0.366. The number of pyridine rings is 1. The maximum atomic E-state index is 5.96. The van der Waals surface area contributed by atoms with Gasteiger partial charge >= 0.3 is 0 Å². The molecule has 0 bridgehead atoms. The SMILES string of the molecule is CNCc1cc(Oc2ccc(C)cc2Br)nc(C(C)C)c1. The normalized spacial score (nSPS) is 11.0. The van der Waals surface area contributed by atoms with Gasteiger partial charge in [0.1, 0.15) is 5.75 Å². The molecule has 112 valence electrons. The number of aryl methyl sites for hydroxylation is 1. The smallest absolute Gasteiger partial charge is 0.219 e. The van der Waals surface area contributed by atoms with Crippen molar-refractivity contribution in [3.05, 3.63) is 51.6 Å². The Hall–Kier alpha value is -1.39. The van der Waals surface area contributed by atoms with Crippen LogP contribution in [0.25, 0.3) is 0 Å². The van der Waals surface area contributed by atoms with Crippen LogP contribution in [0.2, 0.25) is 0 Å². The fourth-order valence-corrected chi connectivity index (χ4v) is 2.61. The zero-order valence-corrected chi connectivity index (χ0v) is 14.5. The number of halogens is 1. The van der Waals surface area contributed by atoms with E-state index in [0.29, 0.717) is 11.8 Å². The number of aromatic nitrogens is 1. The van der Waals surface area contributed by atoms with Gasteiger partial charge in [-0.15, -0.1) is 0 Å². The second kappa shape index (κ2) is 7.05. The van der Waals surface area contributed by atoms with E-state index in [0.717, 1.165) is 22.5 Å². The zero-order chi connectivity index (χ0) is 15.4. The van der Waals surface area contributed by atoms with Crippen molar-refractivity contribution in [3.63, 3.8) is 0 Å². The van der Waals surface area contributed by atoms with Crippen molar-refractivity contribution in [3.8, 4) is 11.6 Å². The van der Waals surface area contributed by atoms with E-state index in [1.165, 1.54) is 11.1 Å². The van der Waals surface area contributed by atoms with Crippen LogP contribution in [0.1, 0.15) is 36.6 Å². The molecular formula is C17H21BrN2O. The minimum Gasteiger partial charge on any atom is -0.438 e. The second-order valence-corrected chi connectivity index (χ2v) is 6.31. The molecule has 2 aromatic rings. The Morgan fingerprint density at radius 3 is 2.62 bits per heavy atom. The minimum absolute atomic E-state index is 0.366. The van der Waals surface area contributed by atoms with Gasteiger partial charge in [0.2, 0.25) is 5.88 Å². The van der Waals surface area contributed by atoms with Crippen molar-refractivity contribution < 1.29 is 4.74 Å². The van der Waals surface area contributed by atoms with Gasteiger partial charge in [-0.1, -0.05) is 19.9 Å². The molecule has 3 nitrogen and oxygen atoms in total. The zero-order valence-electron chi connectivity index (χ0n) is 12.9. The quantitative estimate of drug-likeness (QED) is 0.843. The molecule has 0 radical (unpaired) electrons. The Morgan fingerprint density at radius 2 is 2.00 bits per heavy atom. The monoisotopic (exact) mass is 348 g/mol. The fourth-order valence-electron chi connectivity index (χ4n) is 2.04. The van der Waals surface area contributed by atoms with Gasteiger partial charge < -0.3 is 10.1 Å². The summed E-state index contributed by atoms with van der Waals surface area (Å²) >= 11 is 3.54. The van der Waals surface area contributed by atoms with Gasteiger partial charge in [0, 0.05) is 18.3 Å². The maximum absolute atomic E-state index is 5.96. The first-order valence-electron chi connectivity index (χ1n) is 7.09. The third-order valence-electron chi connectivity index (χ3n) is 3.16. The molecule has 2 rings (SSSR count). The Kier molecular flexibility index (Phi) is 5.37. The summed E-state index contributed by atoms with van der Waals surface area (Å²) in [5, 5.41) is 3.17. The van der Waals surface area contributed by atoms with E-state index >= 15 is 0 Å². The van der Waals surface area contributed by atoms with Crippen LogP contribution >= 0.6 is 15.9 Å². The van der Waals surface area contributed by atoms with Crippen LogP contribution in [-0.4, -0.2) is 12.0 Å². The van der Waals surface area contributed by atoms with Crippen molar-refractivity contribution >= 4 is 15.9 Å². The number of benzene rings is 1. The van der Waals surface area contributed by atoms with Crippen molar-refractivity contribution in [1.29, 1.82) is 0 Å². The van der Waals surface area contributed by atoms with E-state index in [1.807, 2.05) is 31.3 Å². The molecule has 4 heteroatoms. The molecule has 0 spiro atoms. The summed E-state index contributed by atoms with van der Waals surface area (Å²) < 4.78 is 6.90. The molecular weight excluding hydrogens is 328 g/mol. The van der Waals surface area contributed by atoms with Crippen LogP contribution in [0.4, 0.5) is 0 Å². The van der Waals surface area contributed by atoms with Crippen LogP contribution in [0.3, 0.4) is 0 Å². The highest BCUT2D eigenvalue weighted by molar-refractivity contribution is 9.10. The standard InChI is InChI=1S/C17H21BrN2O/c1-11(2)15-8-13(10-19-4)9-17(20-15)21-16-6-5-12(3)7-14(16)18/h5-9,11,19H,10H2,1-4H3. The summed E-state index contributed by atoms with van der Waals surface area (Å²) in [6.45, 7) is 7.12. The van der Waals surface area contributed by atoms with Gasteiger partial charge in [0.05, 0.1) is 4.47 Å². The molecule has 0 unspecified atom stereocenters. The summed E-state index contributed by atoms with van der Waals surface area (Å²) in [4.78, 5) is 4.60. The highest BCUT2D eigenvalue weighted by Gasteiger charge is 2.09. The lowest BCUT2D eigenvalue weighted by molar-refractivity contribution is 0.455. The van der Waals surface area contributed by atoms with E-state index in [9.17, 15) is 0 Å². The number of rotatable bonds is 5. The number of nitrogens with one attached hydrogen (secondary N) is 1. The third-order valence-corrected chi connectivity index (χ3v) is 3.78. The largest absolute Gasteiger partial charge is 0.438 e. The summed E-state index contributed by atoms with van der Waals surface area (Å²) in [6, 6.07) is 10.1. The lowest BCUT2D eigenvalue weighted by Gasteiger charge is -2.13. The van der Waals surface area contributed by atoms with Crippen molar-refractivity contribution in [2.45, 2.75) is 33.2 Å². The predicted octanol–water partition coefficient (Wildman–Crippen LogP) is 4.79. The Labute approximate surface area is 134 Å². The van der Waals surface area contributed by atoms with Gasteiger partial charge in [-0.05, 0) is 65.1 Å². The number of nitrogens with zero attached hydrogens (tertiary/aromatic N) is 1. The highest BCUT2D eigenvalue weighted by atomic mass is 79.9. The van der Waals surface area contributed by atoms with E-state index in [2.05, 4.69) is 53.1 Å². The molecule has 0 aliphatic carbocycles. The van der Waals surface area contributed by atoms with E-state index in [-0.39, 0.29) is 0 Å². The van der Waals surface area contributed by atoms with Crippen LogP contribution in [0.15, 0.2) is 34.8 Å². The summed E-state index contributed by atoms with van der Waals surface area (Å²) in [7, 11) is 1.94. The molecule has 0 amide bonds. The molecule has 1 heterocycles. The third kappa shape index (κ3) is 4.29. The van der Waals surface area contributed by atoms with Crippen molar-refractivity contribution in [2.24, 2.45) is 0 Å². The lowest BCUT2D eigenvalue weighted by Crippen LogP contribution is -2.07. The molecule has 1 N–H and O–H groups in total. The summed E-state index contributed by atoms with van der Waals surface area (Å²) in [5.74, 6) is 1.78. The molecule has 1 aromatic carbocycles. The van der Waals surface area contributed by atoms with Crippen LogP contribution < -0.4 is 10.1 Å². The Morgan fingerprint density at radius 1 is 1.24 bits per heavy atom. The average Bonchev–Trinajstić information content (AvgIpc) is 2.42. The Balaban J connectivity index is 2.33. The number of hydrogen-bond donors (Lipinski definition) is 1. The van der Waals surface area contributed by atoms with Crippen molar-refractivity contribution in [2.75, 3.05) is 7.05 Å². The number of ether oxygens (including phenoxy) is 1. The summed E-state index contributed by atoms with van der Waals surface area (Å²) in [5.41, 5.74) is 3.41. The molecule has 0 saturated heterocycles. The topological polar surface area (TPSA) is 34.1 Å². The van der Waals surface area contributed by atoms with Crippen molar-refractivity contribution in [1.82, 2.24) is 10.3 Å². The molecule has 1 aromatic heterocycles. The van der Waals surface area contributed by atoms with E-state index in [1.54, 1.807) is 0 Å². The lowest BCUT2D eigenvalue weighted by atomic mass is 10.1. The first-order valence-corrected chi connectivity index (χ1v) is 7.88.